The van der Waals surface area contributed by atoms with Crippen molar-refractivity contribution < 1.29 is 4.74 Å². The first kappa shape index (κ1) is 16.1. The van der Waals surface area contributed by atoms with Crippen molar-refractivity contribution in [3.8, 4) is 11.5 Å². The van der Waals surface area contributed by atoms with Gasteiger partial charge in [-0.1, -0.05) is 49.2 Å². The lowest BCUT2D eigenvalue weighted by atomic mass is 9.91. The molecule has 2 aromatic rings. The Hall–Kier alpha value is -2.06. The molecule has 2 aliphatic heterocycles. The maximum absolute atomic E-state index is 6.31. The van der Waals surface area contributed by atoms with E-state index in [1.807, 2.05) is 0 Å². The number of fused-ring (bicyclic) bond motifs is 4. The average Bonchev–Trinajstić information content (AvgIpc) is 3.04. The average molecular weight is 345 g/mol. The van der Waals surface area contributed by atoms with Crippen LogP contribution in [-0.4, -0.2) is 24.5 Å². The molecule has 0 N–H and O–H groups in total. The molecule has 2 aromatic carbocycles. The van der Waals surface area contributed by atoms with Crippen LogP contribution in [0.1, 0.15) is 49.7 Å². The summed E-state index contributed by atoms with van der Waals surface area (Å²) in [5, 5.41) is 0. The Balaban J connectivity index is 1.50. The second-order valence-corrected chi connectivity index (χ2v) is 8.00. The van der Waals surface area contributed by atoms with Gasteiger partial charge in [-0.3, -0.25) is 0 Å². The Morgan fingerprint density at radius 3 is 1.88 bits per heavy atom. The zero-order chi connectivity index (χ0) is 17.3. The highest BCUT2D eigenvalue weighted by Gasteiger charge is 2.27. The van der Waals surface area contributed by atoms with E-state index >= 15 is 0 Å². The van der Waals surface area contributed by atoms with E-state index in [2.05, 4.69) is 53.4 Å². The third-order valence-corrected chi connectivity index (χ3v) is 6.36. The molecule has 1 aliphatic carbocycles. The van der Waals surface area contributed by atoms with Gasteiger partial charge in [0.2, 0.25) is 0 Å². The Bertz CT molecular complexity index is 772. The van der Waals surface area contributed by atoms with E-state index in [-0.39, 0.29) is 0 Å². The van der Waals surface area contributed by atoms with E-state index in [9.17, 15) is 0 Å². The highest BCUT2D eigenvalue weighted by atomic mass is 16.5. The van der Waals surface area contributed by atoms with Crippen LogP contribution in [0.3, 0.4) is 0 Å². The Morgan fingerprint density at radius 2 is 1.31 bits per heavy atom. The summed E-state index contributed by atoms with van der Waals surface area (Å²) in [6.07, 6.45) is 7.98. The SMILES string of the molecule is c1ccc2c(c1)Oc1ccccc1C1=C2CCN(CC2CCCC2)CC1. The minimum absolute atomic E-state index is 0.927. The monoisotopic (exact) mass is 345 g/mol. The number of hydrogen-bond acceptors (Lipinski definition) is 2. The van der Waals surface area contributed by atoms with Gasteiger partial charge < -0.3 is 9.64 Å². The molecule has 1 fully saturated rings. The molecule has 0 bridgehead atoms. The minimum Gasteiger partial charge on any atom is -0.456 e. The van der Waals surface area contributed by atoms with Crippen LogP contribution < -0.4 is 4.74 Å². The smallest absolute Gasteiger partial charge is 0.134 e. The lowest BCUT2D eigenvalue weighted by molar-refractivity contribution is 0.244. The number of nitrogens with zero attached hydrogens (tertiary/aromatic N) is 1. The molecule has 2 heterocycles. The first-order valence-corrected chi connectivity index (χ1v) is 10.2. The van der Waals surface area contributed by atoms with E-state index in [0.717, 1.165) is 30.3 Å². The lowest BCUT2D eigenvalue weighted by Gasteiger charge is -2.24. The summed E-state index contributed by atoms with van der Waals surface area (Å²) < 4.78 is 6.31. The summed E-state index contributed by atoms with van der Waals surface area (Å²) >= 11 is 0. The molecule has 2 heteroatoms. The Morgan fingerprint density at radius 1 is 0.769 bits per heavy atom. The molecule has 26 heavy (non-hydrogen) atoms. The van der Waals surface area contributed by atoms with Gasteiger partial charge in [0.15, 0.2) is 0 Å². The van der Waals surface area contributed by atoms with Crippen molar-refractivity contribution in [1.82, 2.24) is 4.90 Å². The number of hydrogen-bond donors (Lipinski definition) is 0. The molecule has 5 rings (SSSR count). The van der Waals surface area contributed by atoms with Crippen LogP contribution in [0.2, 0.25) is 0 Å². The molecule has 0 amide bonds. The molecule has 0 spiro atoms. The Kier molecular flexibility index (Phi) is 4.30. The fourth-order valence-corrected chi connectivity index (χ4v) is 5.02. The van der Waals surface area contributed by atoms with Crippen molar-refractivity contribution in [2.24, 2.45) is 5.92 Å². The first-order chi connectivity index (χ1) is 12.9. The Labute approximate surface area is 156 Å². The van der Waals surface area contributed by atoms with E-state index in [1.165, 1.54) is 67.6 Å². The van der Waals surface area contributed by atoms with Crippen molar-refractivity contribution in [2.45, 2.75) is 38.5 Å². The van der Waals surface area contributed by atoms with E-state index < -0.39 is 0 Å². The fraction of sp³-hybridized carbons (Fsp3) is 0.417. The maximum Gasteiger partial charge on any atom is 0.134 e. The second-order valence-electron chi connectivity index (χ2n) is 8.00. The van der Waals surface area contributed by atoms with Crippen LogP contribution in [0.25, 0.3) is 11.1 Å². The van der Waals surface area contributed by atoms with Crippen LogP contribution in [0, 0.1) is 5.92 Å². The topological polar surface area (TPSA) is 12.5 Å². The molecule has 0 unspecified atom stereocenters. The van der Waals surface area contributed by atoms with Gasteiger partial charge in [-0.15, -0.1) is 0 Å². The quantitative estimate of drug-likeness (QED) is 0.663. The van der Waals surface area contributed by atoms with Crippen LogP contribution in [0.15, 0.2) is 48.5 Å². The number of para-hydroxylation sites is 2. The molecule has 0 aromatic heterocycles. The fourth-order valence-electron chi connectivity index (χ4n) is 5.02. The van der Waals surface area contributed by atoms with Crippen molar-refractivity contribution in [3.05, 3.63) is 59.7 Å². The van der Waals surface area contributed by atoms with Crippen molar-refractivity contribution >= 4 is 11.1 Å². The predicted octanol–water partition coefficient (Wildman–Crippen LogP) is 5.99. The summed E-state index contributed by atoms with van der Waals surface area (Å²) in [4.78, 5) is 2.72. The zero-order valence-electron chi connectivity index (χ0n) is 15.4. The van der Waals surface area contributed by atoms with Gasteiger partial charge in [-0.2, -0.15) is 0 Å². The lowest BCUT2D eigenvalue weighted by Crippen LogP contribution is -2.30. The summed E-state index contributed by atoms with van der Waals surface area (Å²) in [7, 11) is 0. The van der Waals surface area contributed by atoms with Crippen LogP contribution >= 0.6 is 0 Å². The molecule has 2 nitrogen and oxygen atoms in total. The van der Waals surface area contributed by atoms with Gasteiger partial charge in [0.25, 0.3) is 0 Å². The predicted molar refractivity (Wildman–Crippen MR) is 107 cm³/mol. The van der Waals surface area contributed by atoms with E-state index in [0.29, 0.717) is 0 Å². The van der Waals surface area contributed by atoms with Crippen molar-refractivity contribution in [1.29, 1.82) is 0 Å². The van der Waals surface area contributed by atoms with Gasteiger partial charge in [0.05, 0.1) is 0 Å². The van der Waals surface area contributed by atoms with Crippen molar-refractivity contribution in [2.75, 3.05) is 19.6 Å². The molecule has 0 atom stereocenters. The standard InChI is InChI=1S/C24H27NO/c1-2-8-18(7-1)17-25-15-13-19-20(14-16-25)22-10-4-6-12-24(22)26-23-11-5-3-9-21(19)23/h3-6,9-12,18H,1-2,7-8,13-17H2. The molecule has 0 saturated heterocycles. The summed E-state index contributed by atoms with van der Waals surface area (Å²) in [6.45, 7) is 3.64. The highest BCUT2D eigenvalue weighted by Crippen LogP contribution is 2.45. The molecule has 0 radical (unpaired) electrons. The van der Waals surface area contributed by atoms with Gasteiger partial charge >= 0.3 is 0 Å². The third-order valence-electron chi connectivity index (χ3n) is 6.36. The summed E-state index contributed by atoms with van der Waals surface area (Å²) in [6, 6.07) is 17.2. The maximum atomic E-state index is 6.31. The third kappa shape index (κ3) is 2.97. The highest BCUT2D eigenvalue weighted by molar-refractivity contribution is 5.95. The number of ether oxygens (including phenoxy) is 1. The minimum atomic E-state index is 0.927. The largest absolute Gasteiger partial charge is 0.456 e. The van der Waals surface area contributed by atoms with Crippen molar-refractivity contribution in [3.63, 3.8) is 0 Å². The van der Waals surface area contributed by atoms with Gasteiger partial charge in [-0.05, 0) is 54.9 Å². The van der Waals surface area contributed by atoms with E-state index in [1.54, 1.807) is 0 Å². The number of benzene rings is 2. The van der Waals surface area contributed by atoms with Gasteiger partial charge in [0.1, 0.15) is 11.5 Å². The molecule has 1 saturated carbocycles. The van der Waals surface area contributed by atoms with Gasteiger partial charge in [-0.25, -0.2) is 0 Å². The van der Waals surface area contributed by atoms with Gasteiger partial charge in [0, 0.05) is 30.8 Å². The molecule has 134 valence electrons. The normalized spacial score (nSPS) is 20.6. The molecular weight excluding hydrogens is 318 g/mol. The first-order valence-electron chi connectivity index (χ1n) is 10.2. The summed E-state index contributed by atoms with van der Waals surface area (Å²) in [5.41, 5.74) is 5.58. The number of rotatable bonds is 2. The van der Waals surface area contributed by atoms with Crippen LogP contribution in [0.5, 0.6) is 11.5 Å². The molecule has 3 aliphatic rings. The van der Waals surface area contributed by atoms with Crippen LogP contribution in [0.4, 0.5) is 0 Å². The molecular formula is C24H27NO. The zero-order valence-corrected chi connectivity index (χ0v) is 15.4. The second kappa shape index (κ2) is 6.92. The summed E-state index contributed by atoms with van der Waals surface area (Å²) in [5.74, 6) is 2.94. The van der Waals surface area contributed by atoms with E-state index in [4.69, 9.17) is 4.74 Å². The van der Waals surface area contributed by atoms with Crippen LogP contribution in [-0.2, 0) is 0 Å².